The highest BCUT2D eigenvalue weighted by atomic mass is 32.2. The zero-order valence-electron chi connectivity index (χ0n) is 10.5. The monoisotopic (exact) mass is 285 g/mol. The van der Waals surface area contributed by atoms with E-state index in [9.17, 15) is 9.59 Å². The Labute approximate surface area is 114 Å². The number of carbonyl (C=O) groups is 2. The van der Waals surface area contributed by atoms with E-state index in [2.05, 4.69) is 15.5 Å². The third-order valence-corrected chi connectivity index (χ3v) is 3.69. The summed E-state index contributed by atoms with van der Waals surface area (Å²) in [5.41, 5.74) is 0. The van der Waals surface area contributed by atoms with Gasteiger partial charge in [-0.15, -0.1) is 5.10 Å². The molecule has 0 radical (unpaired) electrons. The molecule has 0 saturated heterocycles. The number of aliphatic carboxylic acids is 1. The number of carboxylic acids is 1. The molecule has 2 rings (SSSR count). The van der Waals surface area contributed by atoms with Crippen molar-refractivity contribution in [3.63, 3.8) is 0 Å². The topological polar surface area (TPSA) is 101 Å². The zero-order chi connectivity index (χ0) is 13.8. The summed E-state index contributed by atoms with van der Waals surface area (Å²) in [6.07, 6.45) is 2.10. The average Bonchev–Trinajstić information content (AvgIpc) is 3.12. The molecule has 1 aliphatic carbocycles. The van der Waals surface area contributed by atoms with Crippen molar-refractivity contribution in [2.45, 2.75) is 30.5 Å². The van der Waals surface area contributed by atoms with Crippen LogP contribution in [0.25, 0.3) is 0 Å². The lowest BCUT2D eigenvalue weighted by atomic mass is 10.4. The molecule has 1 saturated carbocycles. The van der Waals surface area contributed by atoms with Gasteiger partial charge in [0.2, 0.25) is 11.1 Å². The standard InChI is InChI=1S/C10H15N5O3S/c1-14(5-4-9(17)18)8(16)6-19-10-11-12-13-15(10)7-2-3-7/h7H,2-6H2,1H3,(H,17,18). The van der Waals surface area contributed by atoms with Gasteiger partial charge in [-0.2, -0.15) is 0 Å². The first kappa shape index (κ1) is 13.8. The summed E-state index contributed by atoms with van der Waals surface area (Å²) < 4.78 is 1.75. The van der Waals surface area contributed by atoms with Crippen LogP contribution in [0.1, 0.15) is 25.3 Å². The first-order chi connectivity index (χ1) is 9.08. The van der Waals surface area contributed by atoms with Gasteiger partial charge in [0.15, 0.2) is 0 Å². The van der Waals surface area contributed by atoms with Gasteiger partial charge in [0.1, 0.15) is 0 Å². The smallest absolute Gasteiger partial charge is 0.305 e. The Morgan fingerprint density at radius 3 is 2.89 bits per heavy atom. The van der Waals surface area contributed by atoms with Crippen molar-refractivity contribution in [2.24, 2.45) is 0 Å². The van der Waals surface area contributed by atoms with Crippen LogP contribution in [0.15, 0.2) is 5.16 Å². The highest BCUT2D eigenvalue weighted by molar-refractivity contribution is 7.99. The third kappa shape index (κ3) is 3.91. The predicted octanol–water partition coefficient (Wildman–Crippen LogP) is 0.0332. The average molecular weight is 285 g/mol. The minimum Gasteiger partial charge on any atom is -0.481 e. The maximum atomic E-state index is 11.8. The molecule has 1 N–H and O–H groups in total. The molecule has 1 aliphatic rings. The van der Waals surface area contributed by atoms with Gasteiger partial charge in [0, 0.05) is 13.6 Å². The van der Waals surface area contributed by atoms with Crippen LogP contribution in [0.3, 0.4) is 0 Å². The molecule has 0 atom stereocenters. The predicted molar refractivity (Wildman–Crippen MR) is 66.7 cm³/mol. The van der Waals surface area contributed by atoms with Gasteiger partial charge in [-0.05, 0) is 23.3 Å². The molecule has 19 heavy (non-hydrogen) atoms. The van der Waals surface area contributed by atoms with Crippen molar-refractivity contribution in [1.29, 1.82) is 0 Å². The molecule has 0 unspecified atom stereocenters. The second-order valence-electron chi connectivity index (χ2n) is 4.38. The summed E-state index contributed by atoms with van der Waals surface area (Å²) in [6, 6.07) is 0.373. The quantitative estimate of drug-likeness (QED) is 0.705. The Morgan fingerprint density at radius 1 is 1.53 bits per heavy atom. The Balaban J connectivity index is 1.79. The van der Waals surface area contributed by atoms with Gasteiger partial charge < -0.3 is 10.0 Å². The number of thioether (sulfide) groups is 1. The minimum atomic E-state index is -0.912. The van der Waals surface area contributed by atoms with Crippen LogP contribution in [0.2, 0.25) is 0 Å². The molecular weight excluding hydrogens is 270 g/mol. The molecule has 1 aromatic rings. The number of aromatic nitrogens is 4. The van der Waals surface area contributed by atoms with Gasteiger partial charge in [0.25, 0.3) is 0 Å². The zero-order valence-corrected chi connectivity index (χ0v) is 11.3. The summed E-state index contributed by atoms with van der Waals surface area (Å²) in [5.74, 6) is -0.829. The Hall–Kier alpha value is -1.64. The molecule has 9 heteroatoms. The lowest BCUT2D eigenvalue weighted by molar-refractivity contribution is -0.137. The van der Waals surface area contributed by atoms with Crippen LogP contribution >= 0.6 is 11.8 Å². The second kappa shape index (κ2) is 6.00. The minimum absolute atomic E-state index is 0.0489. The summed E-state index contributed by atoms with van der Waals surface area (Å²) in [4.78, 5) is 23.6. The molecule has 0 aliphatic heterocycles. The van der Waals surface area contributed by atoms with Crippen molar-refractivity contribution in [3.8, 4) is 0 Å². The third-order valence-electron chi connectivity index (χ3n) is 2.77. The van der Waals surface area contributed by atoms with Crippen LogP contribution in [0.4, 0.5) is 0 Å². The number of nitrogens with zero attached hydrogens (tertiary/aromatic N) is 5. The van der Waals surface area contributed by atoms with Crippen LogP contribution in [0.5, 0.6) is 0 Å². The van der Waals surface area contributed by atoms with Crippen LogP contribution in [-0.4, -0.2) is 61.4 Å². The van der Waals surface area contributed by atoms with E-state index >= 15 is 0 Å². The van der Waals surface area contributed by atoms with Crippen LogP contribution < -0.4 is 0 Å². The Morgan fingerprint density at radius 2 is 2.26 bits per heavy atom. The molecule has 1 heterocycles. The number of tetrazole rings is 1. The number of hydrogen-bond donors (Lipinski definition) is 1. The lowest BCUT2D eigenvalue weighted by Crippen LogP contribution is -2.30. The largest absolute Gasteiger partial charge is 0.481 e. The van der Waals surface area contributed by atoms with Crippen molar-refractivity contribution < 1.29 is 14.7 Å². The summed E-state index contributed by atoms with van der Waals surface area (Å²) in [5, 5.41) is 20.6. The number of hydrogen-bond acceptors (Lipinski definition) is 6. The highest BCUT2D eigenvalue weighted by Gasteiger charge is 2.28. The van der Waals surface area contributed by atoms with Gasteiger partial charge in [-0.25, -0.2) is 4.68 Å². The van der Waals surface area contributed by atoms with E-state index in [4.69, 9.17) is 5.11 Å². The molecule has 1 amide bonds. The Bertz CT molecular complexity index is 473. The maximum absolute atomic E-state index is 11.8. The fraction of sp³-hybridized carbons (Fsp3) is 0.700. The number of carboxylic acid groups (broad SMARTS) is 1. The van der Waals surface area contributed by atoms with E-state index in [0.717, 1.165) is 12.8 Å². The molecule has 0 bridgehead atoms. The van der Waals surface area contributed by atoms with E-state index in [1.54, 1.807) is 11.7 Å². The van der Waals surface area contributed by atoms with Crippen LogP contribution in [-0.2, 0) is 9.59 Å². The van der Waals surface area contributed by atoms with Crippen molar-refractivity contribution in [3.05, 3.63) is 0 Å². The lowest BCUT2D eigenvalue weighted by Gasteiger charge is -2.15. The van der Waals surface area contributed by atoms with Crippen LogP contribution in [0, 0.1) is 0 Å². The normalized spacial score (nSPS) is 14.4. The van der Waals surface area contributed by atoms with Gasteiger partial charge in [-0.3, -0.25) is 9.59 Å². The number of amides is 1. The molecule has 1 aromatic heterocycles. The fourth-order valence-corrected chi connectivity index (χ4v) is 2.34. The molecular formula is C10H15N5O3S. The van der Waals surface area contributed by atoms with Crippen molar-refractivity contribution in [2.75, 3.05) is 19.3 Å². The number of rotatable bonds is 7. The first-order valence-corrected chi connectivity index (χ1v) is 6.93. The van der Waals surface area contributed by atoms with Crippen molar-refractivity contribution >= 4 is 23.6 Å². The molecule has 0 spiro atoms. The summed E-state index contributed by atoms with van der Waals surface area (Å²) in [6.45, 7) is 0.211. The maximum Gasteiger partial charge on any atom is 0.305 e. The van der Waals surface area contributed by atoms with E-state index in [1.165, 1.54) is 16.7 Å². The van der Waals surface area contributed by atoms with Gasteiger partial charge >= 0.3 is 5.97 Å². The van der Waals surface area contributed by atoms with E-state index in [-0.39, 0.29) is 24.6 Å². The van der Waals surface area contributed by atoms with Crippen molar-refractivity contribution in [1.82, 2.24) is 25.1 Å². The molecule has 0 aromatic carbocycles. The highest BCUT2D eigenvalue weighted by Crippen LogP contribution is 2.36. The number of carbonyl (C=O) groups excluding carboxylic acids is 1. The molecule has 1 fully saturated rings. The SMILES string of the molecule is CN(CCC(=O)O)C(=O)CSc1nnnn1C1CC1. The second-order valence-corrected chi connectivity index (χ2v) is 5.33. The van der Waals surface area contributed by atoms with E-state index in [0.29, 0.717) is 11.2 Å². The first-order valence-electron chi connectivity index (χ1n) is 5.94. The van der Waals surface area contributed by atoms with Gasteiger partial charge in [0.05, 0.1) is 18.2 Å². The molecule has 8 nitrogen and oxygen atoms in total. The van der Waals surface area contributed by atoms with E-state index in [1.807, 2.05) is 0 Å². The summed E-state index contributed by atoms with van der Waals surface area (Å²) >= 11 is 1.28. The van der Waals surface area contributed by atoms with Gasteiger partial charge in [-0.1, -0.05) is 11.8 Å². The summed E-state index contributed by atoms with van der Waals surface area (Å²) in [7, 11) is 1.59. The fourth-order valence-electron chi connectivity index (χ4n) is 1.45. The Kier molecular flexibility index (Phi) is 4.35. The van der Waals surface area contributed by atoms with E-state index < -0.39 is 5.97 Å². The molecule has 104 valence electrons.